The van der Waals surface area contributed by atoms with Crippen molar-refractivity contribution in [2.45, 2.75) is 50.1 Å². The van der Waals surface area contributed by atoms with Gasteiger partial charge in [-0.1, -0.05) is 6.42 Å². The Morgan fingerprint density at radius 3 is 1.83 bits per heavy atom. The minimum absolute atomic E-state index is 0.223. The molecular weight excluding hydrogens is 472 g/mol. The number of nitrogens with zero attached hydrogens (tertiary/aromatic N) is 6. The van der Waals surface area contributed by atoms with Crippen molar-refractivity contribution < 1.29 is 4.74 Å². The number of rotatable bonds is 5. The molecule has 0 saturated carbocycles. The lowest BCUT2D eigenvalue weighted by molar-refractivity contribution is -0.346. The van der Waals surface area contributed by atoms with Crippen LogP contribution in [0.2, 0.25) is 0 Å². The molecular formula is C26H50N8OS. The quantitative estimate of drug-likeness (QED) is 0.530. The maximum absolute atomic E-state index is 6.02. The highest BCUT2D eigenvalue weighted by molar-refractivity contribution is 7.99. The number of piperidine rings is 1. The number of likely N-dealkylation sites (tertiary alicyclic amines) is 2. The van der Waals surface area contributed by atoms with Gasteiger partial charge in [-0.2, -0.15) is 11.8 Å². The van der Waals surface area contributed by atoms with Crippen molar-refractivity contribution in [2.75, 3.05) is 116 Å². The first-order valence-corrected chi connectivity index (χ1v) is 16.2. The van der Waals surface area contributed by atoms with E-state index in [9.17, 15) is 0 Å². The van der Waals surface area contributed by atoms with Crippen LogP contribution in [0.25, 0.3) is 0 Å². The van der Waals surface area contributed by atoms with Crippen LogP contribution in [0.4, 0.5) is 0 Å². The molecule has 2 unspecified atom stereocenters. The molecule has 0 aliphatic carbocycles. The van der Waals surface area contributed by atoms with E-state index in [1.165, 1.54) is 89.3 Å². The average Bonchev–Trinajstić information content (AvgIpc) is 3.44. The minimum atomic E-state index is -0.251. The molecule has 0 aromatic rings. The number of hydrazine groups is 1. The van der Waals surface area contributed by atoms with Gasteiger partial charge in [0.25, 0.3) is 0 Å². The molecule has 6 saturated heterocycles. The number of hydrogen-bond donors (Lipinski definition) is 2. The van der Waals surface area contributed by atoms with Gasteiger partial charge >= 0.3 is 0 Å². The number of thioether (sulfide) groups is 1. The summed E-state index contributed by atoms with van der Waals surface area (Å²) in [7, 11) is 0. The van der Waals surface area contributed by atoms with Gasteiger partial charge in [-0.05, 0) is 38.6 Å². The van der Waals surface area contributed by atoms with Crippen LogP contribution in [0.1, 0.15) is 38.5 Å². The van der Waals surface area contributed by atoms with E-state index < -0.39 is 0 Å². The van der Waals surface area contributed by atoms with Crippen molar-refractivity contribution in [3.63, 3.8) is 0 Å². The van der Waals surface area contributed by atoms with E-state index in [1.54, 1.807) is 0 Å². The van der Waals surface area contributed by atoms with Crippen molar-refractivity contribution in [3.8, 4) is 0 Å². The van der Waals surface area contributed by atoms with E-state index in [2.05, 4.69) is 52.0 Å². The highest BCUT2D eigenvalue weighted by atomic mass is 32.2. The summed E-state index contributed by atoms with van der Waals surface area (Å²) in [5, 5.41) is 13.8. The fourth-order valence-electron chi connectivity index (χ4n) is 8.01. The third-order valence-electron chi connectivity index (χ3n) is 9.46. The van der Waals surface area contributed by atoms with Crippen LogP contribution >= 0.6 is 11.8 Å². The summed E-state index contributed by atoms with van der Waals surface area (Å²) >= 11 is 2.13. The zero-order valence-corrected chi connectivity index (χ0v) is 23.3. The van der Waals surface area contributed by atoms with Crippen LogP contribution in [-0.2, 0) is 4.74 Å². The predicted octanol–water partition coefficient (Wildman–Crippen LogP) is 0.372. The summed E-state index contributed by atoms with van der Waals surface area (Å²) < 4.78 is 6.02. The van der Waals surface area contributed by atoms with Gasteiger partial charge in [0.05, 0.1) is 13.2 Å². The fraction of sp³-hybridized carbons (Fsp3) is 1.00. The summed E-state index contributed by atoms with van der Waals surface area (Å²) in [5.41, 5.74) is 0. The number of hydrogen-bond acceptors (Lipinski definition) is 10. The number of piperazine rings is 1. The summed E-state index contributed by atoms with van der Waals surface area (Å²) in [6, 6.07) is 0. The Morgan fingerprint density at radius 2 is 1.17 bits per heavy atom. The molecule has 0 spiro atoms. The van der Waals surface area contributed by atoms with E-state index in [0.29, 0.717) is 0 Å². The Morgan fingerprint density at radius 1 is 0.556 bits per heavy atom. The van der Waals surface area contributed by atoms with Crippen molar-refractivity contribution in [1.29, 1.82) is 0 Å². The zero-order chi connectivity index (χ0) is 24.3. The van der Waals surface area contributed by atoms with Crippen molar-refractivity contribution in [3.05, 3.63) is 0 Å². The summed E-state index contributed by atoms with van der Waals surface area (Å²) in [4.78, 5) is 11.6. The lowest BCUT2D eigenvalue weighted by atomic mass is 9.95. The topological polar surface area (TPSA) is 52.7 Å². The zero-order valence-electron chi connectivity index (χ0n) is 22.5. The van der Waals surface area contributed by atoms with Crippen LogP contribution in [0.3, 0.4) is 0 Å². The first kappa shape index (κ1) is 26.2. The maximum atomic E-state index is 6.02. The lowest BCUT2D eigenvalue weighted by Gasteiger charge is -2.70. The molecule has 0 bridgehead atoms. The minimum Gasteiger partial charge on any atom is -0.379 e. The Bertz CT molecular complexity index is 669. The van der Waals surface area contributed by atoms with Crippen LogP contribution in [0, 0.1) is 0 Å². The highest BCUT2D eigenvalue weighted by Gasteiger charge is 2.68. The molecule has 6 heterocycles. The molecule has 2 N–H and O–H groups in total. The van der Waals surface area contributed by atoms with Gasteiger partial charge in [0, 0.05) is 96.6 Å². The Labute approximate surface area is 223 Å². The third kappa shape index (κ3) is 4.57. The molecule has 10 heteroatoms. The van der Waals surface area contributed by atoms with Gasteiger partial charge in [-0.15, -0.1) is 0 Å². The second kappa shape index (κ2) is 12.0. The summed E-state index contributed by atoms with van der Waals surface area (Å²) in [6.07, 6.45) is 7.84. The van der Waals surface area contributed by atoms with Gasteiger partial charge in [0.2, 0.25) is 0 Å². The van der Waals surface area contributed by atoms with Crippen LogP contribution in [0.15, 0.2) is 0 Å². The molecule has 0 aromatic carbocycles. The molecule has 6 aliphatic rings. The number of morpholine rings is 1. The SMILES string of the molecule is C1CCN(C2(N3CCCC3)NCCCN(N3CCSCC3)C2(N2CCNCC2)N2CCOCC2)CC1. The Hall–Kier alpha value is -0.0100. The second-order valence-electron chi connectivity index (χ2n) is 11.4. The van der Waals surface area contributed by atoms with E-state index in [1.807, 2.05) is 0 Å². The molecule has 0 amide bonds. The van der Waals surface area contributed by atoms with E-state index in [4.69, 9.17) is 4.74 Å². The molecule has 206 valence electrons. The normalized spacial score (nSPS) is 38.3. The van der Waals surface area contributed by atoms with E-state index in [-0.39, 0.29) is 11.6 Å². The van der Waals surface area contributed by atoms with Gasteiger partial charge < -0.3 is 10.1 Å². The maximum Gasteiger partial charge on any atom is 0.191 e. The van der Waals surface area contributed by atoms with Gasteiger partial charge in [0.1, 0.15) is 0 Å². The highest BCUT2D eigenvalue weighted by Crippen LogP contribution is 2.46. The largest absolute Gasteiger partial charge is 0.379 e. The first-order chi connectivity index (χ1) is 17.9. The number of nitrogens with one attached hydrogen (secondary N) is 2. The van der Waals surface area contributed by atoms with Crippen LogP contribution in [0.5, 0.6) is 0 Å². The monoisotopic (exact) mass is 522 g/mol. The lowest BCUT2D eigenvalue weighted by Crippen LogP contribution is -2.93. The Balaban J connectivity index is 1.57. The molecule has 0 radical (unpaired) electrons. The van der Waals surface area contributed by atoms with Gasteiger partial charge in [-0.25, -0.2) is 10.0 Å². The first-order valence-electron chi connectivity index (χ1n) is 15.0. The molecule has 36 heavy (non-hydrogen) atoms. The fourth-order valence-corrected chi connectivity index (χ4v) is 8.89. The molecule has 0 aromatic heterocycles. The van der Waals surface area contributed by atoms with Crippen molar-refractivity contribution >= 4 is 11.8 Å². The van der Waals surface area contributed by atoms with Crippen molar-refractivity contribution in [2.24, 2.45) is 0 Å². The van der Waals surface area contributed by atoms with Gasteiger partial charge in [0.15, 0.2) is 11.6 Å². The standard InChI is InChI=1S/C26H50N8OS/c1-2-10-29(11-3-1)25(30-12-4-5-13-30)26(31-15-8-27-9-16-31,32-17-21-35-22-18-32)34(14-6-7-28-25)33-19-23-36-24-20-33/h27-28H,1-24H2. The van der Waals surface area contributed by atoms with Crippen LogP contribution < -0.4 is 10.6 Å². The second-order valence-corrected chi connectivity index (χ2v) is 12.6. The van der Waals surface area contributed by atoms with Crippen molar-refractivity contribution in [1.82, 2.24) is 40.3 Å². The molecule has 2 atom stereocenters. The Kier molecular flexibility index (Phi) is 8.76. The predicted molar refractivity (Wildman–Crippen MR) is 147 cm³/mol. The molecule has 6 fully saturated rings. The molecule has 9 nitrogen and oxygen atoms in total. The third-order valence-corrected chi connectivity index (χ3v) is 10.4. The summed E-state index contributed by atoms with van der Waals surface area (Å²) in [6.45, 7) is 17.4. The average molecular weight is 523 g/mol. The summed E-state index contributed by atoms with van der Waals surface area (Å²) in [5.74, 6) is 2.01. The smallest absolute Gasteiger partial charge is 0.191 e. The molecule has 6 rings (SSSR count). The van der Waals surface area contributed by atoms with Crippen LogP contribution in [-0.4, -0.2) is 158 Å². The van der Waals surface area contributed by atoms with E-state index >= 15 is 0 Å². The van der Waals surface area contributed by atoms with E-state index in [0.717, 1.165) is 65.6 Å². The van der Waals surface area contributed by atoms with Gasteiger partial charge in [-0.3, -0.25) is 24.9 Å². The number of ether oxygens (including phenoxy) is 1. The molecule has 6 aliphatic heterocycles.